The Morgan fingerprint density at radius 2 is 2.00 bits per heavy atom. The second-order valence-corrected chi connectivity index (χ2v) is 5.96. The molecule has 0 aliphatic carbocycles. The van der Waals surface area contributed by atoms with E-state index in [1.807, 2.05) is 0 Å². The molecule has 5 nitrogen and oxygen atoms in total. The number of aromatic nitrogens is 2. The normalized spacial score (nSPS) is 12.8. The fraction of sp³-hybridized carbons (Fsp3) is 0.0556. The molecule has 1 aliphatic heterocycles. The molecule has 0 saturated carbocycles. The van der Waals surface area contributed by atoms with E-state index >= 15 is 0 Å². The molecular formula is C18H11ClFN3O2. The van der Waals surface area contributed by atoms with Gasteiger partial charge in [-0.05, 0) is 30.3 Å². The summed E-state index contributed by atoms with van der Waals surface area (Å²) in [6, 6.07) is 11.5. The molecule has 2 aromatic carbocycles. The maximum atomic E-state index is 14.3. The Kier molecular flexibility index (Phi) is 3.62. The molecule has 124 valence electrons. The number of benzene rings is 2. The van der Waals surface area contributed by atoms with Crippen LogP contribution in [0.15, 0.2) is 53.7 Å². The predicted molar refractivity (Wildman–Crippen MR) is 91.3 cm³/mol. The van der Waals surface area contributed by atoms with Crippen LogP contribution in [0.4, 0.5) is 4.39 Å². The lowest BCUT2D eigenvalue weighted by Gasteiger charge is -2.12. The highest BCUT2D eigenvalue weighted by Crippen LogP contribution is 2.28. The molecule has 0 fully saturated rings. The first-order valence-corrected chi connectivity index (χ1v) is 7.83. The van der Waals surface area contributed by atoms with E-state index in [-0.39, 0.29) is 18.1 Å². The molecule has 0 amide bonds. The molecular weight excluding hydrogens is 345 g/mol. The molecule has 0 saturated heterocycles. The van der Waals surface area contributed by atoms with Crippen molar-refractivity contribution in [3.63, 3.8) is 0 Å². The van der Waals surface area contributed by atoms with Gasteiger partial charge in [-0.25, -0.2) is 14.2 Å². The van der Waals surface area contributed by atoms with Crippen molar-refractivity contribution >= 4 is 23.3 Å². The molecule has 1 N–H and O–H groups in total. The number of carboxylic acids is 1. The summed E-state index contributed by atoms with van der Waals surface area (Å²) < 4.78 is 15.9. The largest absolute Gasteiger partial charge is 0.476 e. The first kappa shape index (κ1) is 15.5. The zero-order chi connectivity index (χ0) is 17.6. The monoisotopic (exact) mass is 355 g/mol. The number of imidazole rings is 1. The summed E-state index contributed by atoms with van der Waals surface area (Å²) in [6.07, 6.45) is 1.42. The number of carboxylic acid groups (broad SMARTS) is 1. The zero-order valence-corrected chi connectivity index (χ0v) is 13.5. The summed E-state index contributed by atoms with van der Waals surface area (Å²) in [5.74, 6) is -1.05. The van der Waals surface area contributed by atoms with Gasteiger partial charge in [-0.15, -0.1) is 0 Å². The van der Waals surface area contributed by atoms with Crippen molar-refractivity contribution in [3.05, 3.63) is 82.1 Å². The molecule has 4 rings (SSSR count). The van der Waals surface area contributed by atoms with E-state index < -0.39 is 5.97 Å². The lowest BCUT2D eigenvalue weighted by molar-refractivity contribution is 0.0691. The van der Waals surface area contributed by atoms with Crippen LogP contribution in [0.5, 0.6) is 0 Å². The number of fused-ring (bicyclic) bond motifs is 3. The highest BCUT2D eigenvalue weighted by molar-refractivity contribution is 6.31. The lowest BCUT2D eigenvalue weighted by Crippen LogP contribution is -2.09. The number of nitrogens with zero attached hydrogens (tertiary/aromatic N) is 3. The minimum atomic E-state index is -1.12. The topological polar surface area (TPSA) is 67.5 Å². The van der Waals surface area contributed by atoms with E-state index in [0.29, 0.717) is 33.4 Å². The maximum absolute atomic E-state index is 14.3. The van der Waals surface area contributed by atoms with E-state index in [1.54, 1.807) is 41.0 Å². The van der Waals surface area contributed by atoms with Gasteiger partial charge in [-0.1, -0.05) is 23.7 Å². The van der Waals surface area contributed by atoms with Crippen LogP contribution < -0.4 is 0 Å². The molecule has 25 heavy (non-hydrogen) atoms. The highest BCUT2D eigenvalue weighted by Gasteiger charge is 2.23. The Labute approximate surface area is 147 Å². The summed E-state index contributed by atoms with van der Waals surface area (Å²) in [7, 11) is 0. The Morgan fingerprint density at radius 1 is 1.20 bits per heavy atom. The quantitative estimate of drug-likeness (QED) is 0.762. The van der Waals surface area contributed by atoms with Crippen LogP contribution in [-0.4, -0.2) is 26.3 Å². The van der Waals surface area contributed by atoms with Crippen molar-refractivity contribution in [1.29, 1.82) is 0 Å². The standard InChI is InChI=1S/C18H11ClFN3O2/c19-10-5-6-12-15(7-10)23-9-14(18(24)25)22-16(23)8-21-17(12)11-3-1-2-4-13(11)20/h1-7,9H,8H2,(H,24,25). The molecule has 2 heterocycles. The Balaban J connectivity index is 1.98. The third-order valence-corrected chi connectivity index (χ3v) is 4.22. The van der Waals surface area contributed by atoms with Crippen LogP contribution in [0, 0.1) is 5.82 Å². The minimum Gasteiger partial charge on any atom is -0.476 e. The smallest absolute Gasteiger partial charge is 0.356 e. The van der Waals surface area contributed by atoms with Gasteiger partial charge in [-0.3, -0.25) is 4.99 Å². The summed E-state index contributed by atoms with van der Waals surface area (Å²) in [5, 5.41) is 9.66. The first-order chi connectivity index (χ1) is 12.0. The highest BCUT2D eigenvalue weighted by atomic mass is 35.5. The van der Waals surface area contributed by atoms with Gasteiger partial charge in [0, 0.05) is 22.3 Å². The van der Waals surface area contributed by atoms with Crippen molar-refractivity contribution in [2.75, 3.05) is 0 Å². The molecule has 0 atom stereocenters. The van der Waals surface area contributed by atoms with Gasteiger partial charge in [0.05, 0.1) is 17.9 Å². The fourth-order valence-corrected chi connectivity index (χ4v) is 3.03. The molecule has 0 radical (unpaired) electrons. The van der Waals surface area contributed by atoms with Crippen LogP contribution >= 0.6 is 11.6 Å². The van der Waals surface area contributed by atoms with E-state index in [9.17, 15) is 14.3 Å². The SMILES string of the molecule is O=C(O)c1cn2c(n1)CN=C(c1ccccc1F)c1ccc(Cl)cc1-2. The number of aromatic carboxylic acids is 1. The van der Waals surface area contributed by atoms with E-state index in [1.165, 1.54) is 12.3 Å². The van der Waals surface area contributed by atoms with Crippen LogP contribution in [0.25, 0.3) is 5.69 Å². The molecule has 0 bridgehead atoms. The summed E-state index contributed by atoms with van der Waals surface area (Å²) >= 11 is 6.13. The van der Waals surface area contributed by atoms with Gasteiger partial charge in [0.15, 0.2) is 5.69 Å². The Hall–Kier alpha value is -2.99. The molecule has 0 unspecified atom stereocenters. The van der Waals surface area contributed by atoms with Crippen molar-refractivity contribution in [3.8, 4) is 5.69 Å². The van der Waals surface area contributed by atoms with Gasteiger partial charge in [0.25, 0.3) is 0 Å². The van der Waals surface area contributed by atoms with Crippen molar-refractivity contribution in [2.24, 2.45) is 4.99 Å². The van der Waals surface area contributed by atoms with Crippen molar-refractivity contribution < 1.29 is 14.3 Å². The van der Waals surface area contributed by atoms with E-state index in [0.717, 1.165) is 0 Å². The first-order valence-electron chi connectivity index (χ1n) is 7.46. The Morgan fingerprint density at radius 3 is 2.76 bits per heavy atom. The Bertz CT molecular complexity index is 1040. The number of hydrogen-bond acceptors (Lipinski definition) is 3. The van der Waals surface area contributed by atoms with Gasteiger partial charge in [0.2, 0.25) is 0 Å². The maximum Gasteiger partial charge on any atom is 0.356 e. The summed E-state index contributed by atoms with van der Waals surface area (Å²) in [6.45, 7) is 0.128. The molecule has 1 aromatic heterocycles. The second kappa shape index (κ2) is 5.82. The number of carbonyl (C=O) groups is 1. The second-order valence-electron chi connectivity index (χ2n) is 5.52. The van der Waals surface area contributed by atoms with Crippen LogP contribution in [0.3, 0.4) is 0 Å². The molecule has 7 heteroatoms. The van der Waals surface area contributed by atoms with Crippen molar-refractivity contribution in [2.45, 2.75) is 6.54 Å². The van der Waals surface area contributed by atoms with Crippen molar-refractivity contribution in [1.82, 2.24) is 9.55 Å². The summed E-state index contributed by atoms with van der Waals surface area (Å²) in [4.78, 5) is 19.8. The van der Waals surface area contributed by atoms with Crippen LogP contribution in [0.2, 0.25) is 5.02 Å². The van der Waals surface area contributed by atoms with E-state index in [2.05, 4.69) is 9.98 Å². The number of halogens is 2. The number of hydrogen-bond donors (Lipinski definition) is 1. The third-order valence-electron chi connectivity index (χ3n) is 3.98. The van der Waals surface area contributed by atoms with E-state index in [4.69, 9.17) is 11.6 Å². The predicted octanol–water partition coefficient (Wildman–Crippen LogP) is 3.71. The third kappa shape index (κ3) is 2.60. The number of aliphatic imine (C=N–C) groups is 1. The minimum absolute atomic E-state index is 0.0783. The number of rotatable bonds is 2. The van der Waals surface area contributed by atoms with Gasteiger partial charge >= 0.3 is 5.97 Å². The average molecular weight is 356 g/mol. The molecule has 3 aromatic rings. The van der Waals surface area contributed by atoms with Crippen LogP contribution in [-0.2, 0) is 6.54 Å². The zero-order valence-electron chi connectivity index (χ0n) is 12.8. The molecule has 1 aliphatic rings. The summed E-state index contributed by atoms with van der Waals surface area (Å²) in [5.41, 5.74) is 2.04. The fourth-order valence-electron chi connectivity index (χ4n) is 2.86. The molecule has 0 spiro atoms. The van der Waals surface area contributed by atoms with Gasteiger partial charge in [0.1, 0.15) is 11.6 Å². The van der Waals surface area contributed by atoms with Crippen LogP contribution in [0.1, 0.15) is 27.4 Å². The van der Waals surface area contributed by atoms with Gasteiger partial charge < -0.3 is 9.67 Å². The van der Waals surface area contributed by atoms with Gasteiger partial charge in [-0.2, -0.15) is 0 Å². The lowest BCUT2D eigenvalue weighted by atomic mass is 10.00. The average Bonchev–Trinajstić information content (AvgIpc) is 2.96.